The van der Waals surface area contributed by atoms with Crippen LogP contribution in [0.5, 0.6) is 5.75 Å². The first-order chi connectivity index (χ1) is 13.8. The van der Waals surface area contributed by atoms with Gasteiger partial charge in [0.25, 0.3) is 5.56 Å². The molecule has 152 valence electrons. The standard InChI is InChI=1S/C20H18F3N3O3/c1-11-6-14(29-10-12-3-5-28-9-12)8-15-17(11)25-18(26-19(15)27)16-7-13(2-4-24-16)20(21,22)23/h2,4,6-8,12H,3,5,9-10H2,1H3,(H,25,26,27). The number of H-pyrrole nitrogens is 1. The molecule has 0 radical (unpaired) electrons. The molecule has 1 saturated heterocycles. The SMILES string of the molecule is Cc1cc(OCC2CCOC2)cc2c(=O)[nH]c(-c3cc(C(F)(F)F)ccn3)nc12. The highest BCUT2D eigenvalue weighted by Gasteiger charge is 2.31. The smallest absolute Gasteiger partial charge is 0.416 e. The van der Waals surface area contributed by atoms with E-state index in [0.717, 1.165) is 31.4 Å². The van der Waals surface area contributed by atoms with Gasteiger partial charge in [-0.3, -0.25) is 9.78 Å². The molecule has 1 aliphatic rings. The molecule has 3 aromatic rings. The van der Waals surface area contributed by atoms with Gasteiger partial charge in [-0.05, 0) is 43.2 Å². The van der Waals surface area contributed by atoms with Gasteiger partial charge in [-0.25, -0.2) is 4.98 Å². The van der Waals surface area contributed by atoms with Gasteiger partial charge in [0.15, 0.2) is 5.82 Å². The van der Waals surface area contributed by atoms with Crippen LogP contribution in [0.1, 0.15) is 17.5 Å². The monoisotopic (exact) mass is 405 g/mol. The van der Waals surface area contributed by atoms with Crippen molar-refractivity contribution >= 4 is 10.9 Å². The Labute approximate surface area is 163 Å². The van der Waals surface area contributed by atoms with Crippen molar-refractivity contribution in [2.24, 2.45) is 5.92 Å². The minimum Gasteiger partial charge on any atom is -0.493 e. The molecule has 6 nitrogen and oxygen atoms in total. The average Bonchev–Trinajstić information content (AvgIpc) is 3.20. The van der Waals surface area contributed by atoms with Gasteiger partial charge in [0.05, 0.1) is 29.7 Å². The van der Waals surface area contributed by atoms with Crippen LogP contribution in [-0.4, -0.2) is 34.8 Å². The predicted molar refractivity (Wildman–Crippen MR) is 99.8 cm³/mol. The van der Waals surface area contributed by atoms with E-state index in [1.54, 1.807) is 19.1 Å². The Morgan fingerprint density at radius 2 is 2.14 bits per heavy atom. The predicted octanol–water partition coefficient (Wildman–Crippen LogP) is 3.73. The summed E-state index contributed by atoms with van der Waals surface area (Å²) in [5.41, 5.74) is -0.317. The Balaban J connectivity index is 1.69. The number of halogens is 3. The molecule has 0 bridgehead atoms. The maximum absolute atomic E-state index is 13.0. The van der Waals surface area contributed by atoms with Crippen molar-refractivity contribution in [1.82, 2.24) is 15.0 Å². The fourth-order valence-corrected chi connectivity index (χ4v) is 3.25. The van der Waals surface area contributed by atoms with Gasteiger partial charge >= 0.3 is 6.18 Å². The second-order valence-corrected chi connectivity index (χ2v) is 7.02. The van der Waals surface area contributed by atoms with Gasteiger partial charge < -0.3 is 14.5 Å². The third-order valence-electron chi connectivity index (χ3n) is 4.81. The fourth-order valence-electron chi connectivity index (χ4n) is 3.25. The van der Waals surface area contributed by atoms with E-state index < -0.39 is 17.3 Å². The zero-order valence-corrected chi connectivity index (χ0v) is 15.5. The van der Waals surface area contributed by atoms with E-state index >= 15 is 0 Å². The van der Waals surface area contributed by atoms with Gasteiger partial charge in [0.2, 0.25) is 0 Å². The second-order valence-electron chi connectivity index (χ2n) is 7.02. The quantitative estimate of drug-likeness (QED) is 0.716. The number of fused-ring (bicyclic) bond motifs is 1. The van der Waals surface area contributed by atoms with Gasteiger partial charge in [-0.1, -0.05) is 0 Å². The van der Waals surface area contributed by atoms with E-state index in [1.165, 1.54) is 0 Å². The van der Waals surface area contributed by atoms with Crippen LogP contribution >= 0.6 is 0 Å². The number of aromatic nitrogens is 3. The Kier molecular flexibility index (Phi) is 4.99. The summed E-state index contributed by atoms with van der Waals surface area (Å²) < 4.78 is 50.0. The van der Waals surface area contributed by atoms with Crippen molar-refractivity contribution in [3.63, 3.8) is 0 Å². The summed E-state index contributed by atoms with van der Waals surface area (Å²) in [6.07, 6.45) is -2.54. The number of pyridine rings is 1. The van der Waals surface area contributed by atoms with Crippen LogP contribution < -0.4 is 10.3 Å². The van der Waals surface area contributed by atoms with Crippen molar-refractivity contribution in [3.05, 3.63) is 51.9 Å². The molecule has 29 heavy (non-hydrogen) atoms. The van der Waals surface area contributed by atoms with E-state index in [1.807, 2.05) is 0 Å². The molecule has 0 spiro atoms. The van der Waals surface area contributed by atoms with Crippen LogP contribution in [0.15, 0.2) is 35.3 Å². The second kappa shape index (κ2) is 7.47. The number of aryl methyl sites for hydroxylation is 1. The van der Waals surface area contributed by atoms with Crippen LogP contribution in [0.25, 0.3) is 22.4 Å². The number of hydrogen-bond acceptors (Lipinski definition) is 5. The lowest BCUT2D eigenvalue weighted by molar-refractivity contribution is -0.137. The Morgan fingerprint density at radius 1 is 1.31 bits per heavy atom. The number of benzene rings is 1. The van der Waals surface area contributed by atoms with Crippen LogP contribution in [0.2, 0.25) is 0 Å². The highest BCUT2D eigenvalue weighted by molar-refractivity contribution is 5.83. The van der Waals surface area contributed by atoms with Gasteiger partial charge in [0, 0.05) is 18.7 Å². The highest BCUT2D eigenvalue weighted by Crippen LogP contribution is 2.31. The summed E-state index contributed by atoms with van der Waals surface area (Å²) in [6, 6.07) is 5.08. The van der Waals surface area contributed by atoms with Gasteiger partial charge in [-0.15, -0.1) is 0 Å². The van der Waals surface area contributed by atoms with E-state index in [0.29, 0.717) is 41.3 Å². The molecule has 2 aromatic heterocycles. The normalized spacial score (nSPS) is 17.0. The summed E-state index contributed by atoms with van der Waals surface area (Å²) in [5, 5.41) is 0.304. The van der Waals surface area contributed by atoms with E-state index in [9.17, 15) is 18.0 Å². The Hall–Kier alpha value is -2.94. The first-order valence-electron chi connectivity index (χ1n) is 9.10. The van der Waals surface area contributed by atoms with Crippen molar-refractivity contribution in [2.45, 2.75) is 19.5 Å². The molecule has 3 heterocycles. The number of aromatic amines is 1. The Bertz CT molecular complexity index is 1110. The molecule has 0 amide bonds. The molecular weight excluding hydrogens is 387 g/mol. The zero-order valence-electron chi connectivity index (χ0n) is 15.5. The van der Waals surface area contributed by atoms with Crippen molar-refractivity contribution in [2.75, 3.05) is 19.8 Å². The molecule has 1 fully saturated rings. The average molecular weight is 405 g/mol. The molecule has 4 rings (SSSR count). The summed E-state index contributed by atoms with van der Waals surface area (Å²) >= 11 is 0. The van der Waals surface area contributed by atoms with Crippen LogP contribution in [0, 0.1) is 12.8 Å². The lowest BCUT2D eigenvalue weighted by Crippen LogP contribution is -2.14. The highest BCUT2D eigenvalue weighted by atomic mass is 19.4. The van der Waals surface area contributed by atoms with Gasteiger partial charge in [-0.2, -0.15) is 13.2 Å². The topological polar surface area (TPSA) is 77.1 Å². The van der Waals surface area contributed by atoms with Crippen LogP contribution in [-0.2, 0) is 10.9 Å². The molecule has 0 saturated carbocycles. The summed E-state index contributed by atoms with van der Waals surface area (Å²) in [6.45, 7) is 3.63. The molecule has 1 unspecified atom stereocenters. The summed E-state index contributed by atoms with van der Waals surface area (Å²) in [5.74, 6) is 0.837. The third kappa shape index (κ3) is 4.09. The van der Waals surface area contributed by atoms with Crippen molar-refractivity contribution < 1.29 is 22.6 Å². The summed E-state index contributed by atoms with van der Waals surface area (Å²) in [7, 11) is 0. The lowest BCUT2D eigenvalue weighted by atomic mass is 10.1. The molecule has 9 heteroatoms. The number of alkyl halides is 3. The number of ether oxygens (including phenoxy) is 2. The third-order valence-corrected chi connectivity index (χ3v) is 4.81. The molecule has 1 aromatic carbocycles. The molecule has 0 aliphatic carbocycles. The van der Waals surface area contributed by atoms with E-state index in [2.05, 4.69) is 15.0 Å². The summed E-state index contributed by atoms with van der Waals surface area (Å²) in [4.78, 5) is 23.4. The number of nitrogens with one attached hydrogen (secondary N) is 1. The fraction of sp³-hybridized carbons (Fsp3) is 0.350. The number of hydrogen-bond donors (Lipinski definition) is 1. The molecule has 1 atom stereocenters. The number of rotatable bonds is 4. The number of nitrogens with zero attached hydrogens (tertiary/aromatic N) is 2. The van der Waals surface area contributed by atoms with Gasteiger partial charge in [0.1, 0.15) is 11.4 Å². The Morgan fingerprint density at radius 3 is 2.86 bits per heavy atom. The maximum atomic E-state index is 13.0. The zero-order chi connectivity index (χ0) is 20.6. The minimum absolute atomic E-state index is 0.0199. The first-order valence-corrected chi connectivity index (χ1v) is 9.10. The van der Waals surface area contributed by atoms with Crippen molar-refractivity contribution in [1.29, 1.82) is 0 Å². The van der Waals surface area contributed by atoms with Crippen LogP contribution in [0.4, 0.5) is 13.2 Å². The maximum Gasteiger partial charge on any atom is 0.416 e. The minimum atomic E-state index is -4.51. The largest absolute Gasteiger partial charge is 0.493 e. The molecular formula is C20H18F3N3O3. The van der Waals surface area contributed by atoms with Crippen molar-refractivity contribution in [3.8, 4) is 17.3 Å². The molecule has 1 N–H and O–H groups in total. The first kappa shape index (κ1) is 19.4. The van der Waals surface area contributed by atoms with E-state index in [-0.39, 0.29) is 11.5 Å². The molecule has 1 aliphatic heterocycles. The van der Waals surface area contributed by atoms with E-state index in [4.69, 9.17) is 9.47 Å². The van der Waals surface area contributed by atoms with Crippen LogP contribution in [0.3, 0.4) is 0 Å². The lowest BCUT2D eigenvalue weighted by Gasteiger charge is -2.12.